The second-order valence-electron chi connectivity index (χ2n) is 26.3. The molecule has 4 aromatic carbocycles. The van der Waals surface area contributed by atoms with Gasteiger partial charge < -0.3 is 144 Å². The van der Waals surface area contributed by atoms with E-state index in [-0.39, 0.29) is 18.3 Å². The van der Waals surface area contributed by atoms with Crippen molar-refractivity contribution in [3.05, 3.63) is 121 Å². The van der Waals surface area contributed by atoms with Gasteiger partial charge in [0.05, 0.1) is 16.8 Å². The molecule has 0 radical (unpaired) electrons. The van der Waals surface area contributed by atoms with Crippen LogP contribution < -0.4 is 20.7 Å². The summed E-state index contributed by atoms with van der Waals surface area (Å²) in [4.78, 5) is 0. The molecule has 4 rings (SSSR count). The standard InChI is InChI=1S/2C15H26O3Si.C12H20O3Si.C9H14O3Si.C8H20O4Si.C7H18O3Si.C5H14O3Si.C4H12O4Si.2C4H12O3Si/c1-12(2)16-19(17-13(3)4,18-14(5)6)15-10-8-7-9-11-15;1-4-12-16-19(17-13-5-2,18-14-6-3)15-10-8-7-9-11-15;1-4-13-16(14-5-2,15-6-3)12-10-8-7-9-11-12;1-10-13(11-2,12-3)9-7-5-4-6-8-9;1-5-9-13(10-6-2,11-7-3)12-8-4;1-4-8-7(11,9-5-2)10-6-3;1-6-4-5(9,7-2)8-3;1-5-9(6-2,7-3)8-4;1-5-8(4,6-2)7-3;1-5-4(8,6-2)7-3/h7-14H,1-6H3;7-11H,4-6,12-14H2,1-3H3;7-11H,4-6H2,1-3H3;4-8H,1-3H3;5-8H2,1-4H3;4-6H2,1-3,11H3;4H2,1-3,9H3;1-4H3;1-4H3;1-3,8H3. The van der Waals surface area contributed by atoms with Crippen LogP contribution in [0.2, 0.25) is 6.55 Å². The predicted octanol–water partition coefficient (Wildman–Crippen LogP) is 8.92. The summed E-state index contributed by atoms with van der Waals surface area (Å²) in [6, 6.07) is 39.8. The van der Waals surface area contributed by atoms with Crippen LogP contribution in [-0.4, -0.2) is 334 Å². The van der Waals surface area contributed by atoms with Crippen LogP contribution in [-0.2, 0) is 144 Å². The third-order valence-electron chi connectivity index (χ3n) is 16.0. The van der Waals surface area contributed by atoms with Crippen molar-refractivity contribution in [3.63, 3.8) is 0 Å². The second-order valence-corrected chi connectivity index (χ2v) is 48.4. The molecule has 0 fully saturated rings. The Hall–Kier alpha value is -2.23. The molecule has 0 spiro atoms. The Balaban J connectivity index is -0.000000319. The van der Waals surface area contributed by atoms with Gasteiger partial charge in [-0.2, -0.15) is 0 Å². The van der Waals surface area contributed by atoms with Gasteiger partial charge in [-0.25, -0.2) is 0 Å². The minimum Gasteiger partial charge on any atom is -0.380 e. The van der Waals surface area contributed by atoms with Crippen LogP contribution in [0.25, 0.3) is 0 Å². The molecule has 125 heavy (non-hydrogen) atoms. The van der Waals surface area contributed by atoms with E-state index in [2.05, 4.69) is 20.8 Å². The van der Waals surface area contributed by atoms with Gasteiger partial charge in [-0.05, 0) is 130 Å². The Labute approximate surface area is 773 Å². The molecular weight excluding hydrogens is 1790 g/mol. The molecule has 0 aliphatic carbocycles. The third-order valence-corrected chi connectivity index (χ3v) is 37.8. The van der Waals surface area contributed by atoms with Crippen LogP contribution in [0.15, 0.2) is 121 Å². The average Bonchev–Trinajstić information content (AvgIpc) is 0.819. The van der Waals surface area contributed by atoms with Crippen LogP contribution >= 0.6 is 0 Å². The highest BCUT2D eigenvalue weighted by atomic mass is 28.4. The van der Waals surface area contributed by atoms with Gasteiger partial charge in [0.15, 0.2) is 5.41 Å². The molecule has 0 amide bonds. The highest BCUT2D eigenvalue weighted by Gasteiger charge is 2.49. The summed E-state index contributed by atoms with van der Waals surface area (Å²) in [5.74, 6) is 0. The zero-order chi connectivity index (χ0) is 96.8. The Morgan fingerprint density at radius 2 is 0.504 bits per heavy atom. The van der Waals surface area contributed by atoms with Crippen LogP contribution in [0, 0.1) is 0 Å². The van der Waals surface area contributed by atoms with E-state index in [1.165, 1.54) is 28.4 Å². The van der Waals surface area contributed by atoms with E-state index >= 15 is 0 Å². The van der Waals surface area contributed by atoms with Gasteiger partial charge in [0.2, 0.25) is 11.2 Å². The molecule has 0 aliphatic rings. The first-order valence-electron chi connectivity index (χ1n) is 42.8. The largest absolute Gasteiger partial charge is 0.679 e. The fraction of sp³-hybridized carbons (Fsp3) is 0.711. The van der Waals surface area contributed by atoms with Crippen molar-refractivity contribution in [2.24, 2.45) is 0 Å². The first-order chi connectivity index (χ1) is 59.4. The van der Waals surface area contributed by atoms with E-state index in [9.17, 15) is 0 Å². The number of methoxy groups -OCH3 is 6. The SMILES string of the molecule is CC(C)O[Si](OC(C)C)(OC(C)C)c1ccccc1.CCCO[Si](OCCC)(OCCC)c1ccccc1.CCOC([SiH3])(OCC)OCC.CCO[Si](OCC)(OCC)OCC.CCO[Si](OCC)(OCC)c1ccccc1.COC([SiH3])(OC)OC.COCC([SiH3])(OC)OC.CO[Si](C)(OC)OC.CO[Si](OC)(OC)OC.CO[Si](OC)(OC)c1ccccc1. The summed E-state index contributed by atoms with van der Waals surface area (Å²) in [7, 11) is 8.78. The minimum atomic E-state index is -2.86. The molecular formula is C83H174O32Si10. The maximum Gasteiger partial charge on any atom is 0.679 e. The summed E-state index contributed by atoms with van der Waals surface area (Å²) >= 11 is 0. The zero-order valence-corrected chi connectivity index (χ0v) is 97.4. The lowest BCUT2D eigenvalue weighted by atomic mass is 10.4. The summed E-state index contributed by atoms with van der Waals surface area (Å²) in [6.07, 6.45) is 3.07. The number of benzene rings is 4. The maximum atomic E-state index is 6.14. The molecule has 0 aliphatic heterocycles. The molecule has 0 saturated heterocycles. The van der Waals surface area contributed by atoms with Crippen LogP contribution in [0.5, 0.6) is 0 Å². The fourth-order valence-electron chi connectivity index (χ4n) is 9.75. The molecule has 0 N–H and O–H groups in total. The lowest BCUT2D eigenvalue weighted by Crippen LogP contribution is -2.60. The molecule has 0 saturated carbocycles. The highest BCUT2D eigenvalue weighted by Crippen LogP contribution is 2.20. The molecule has 0 atom stereocenters. The summed E-state index contributed by atoms with van der Waals surface area (Å²) in [5.41, 5.74) is -1.90. The van der Waals surface area contributed by atoms with Crippen molar-refractivity contribution in [2.45, 2.75) is 192 Å². The number of hydrogen-bond donors (Lipinski definition) is 0. The zero-order valence-electron chi connectivity index (χ0n) is 84.4. The van der Waals surface area contributed by atoms with Crippen molar-refractivity contribution in [2.75, 3.05) is 206 Å². The number of hydrogen-bond acceptors (Lipinski definition) is 32. The smallest absolute Gasteiger partial charge is 0.380 e. The highest BCUT2D eigenvalue weighted by molar-refractivity contribution is 6.77. The van der Waals surface area contributed by atoms with Crippen molar-refractivity contribution in [1.82, 2.24) is 0 Å². The molecule has 738 valence electrons. The molecule has 0 bridgehead atoms. The molecule has 32 nitrogen and oxygen atoms in total. The van der Waals surface area contributed by atoms with Gasteiger partial charge in [0.1, 0.15) is 20.5 Å². The van der Waals surface area contributed by atoms with Crippen LogP contribution in [0.1, 0.15) is 151 Å². The summed E-state index contributed by atoms with van der Waals surface area (Å²) < 4.78 is 171. The van der Waals surface area contributed by atoms with Crippen molar-refractivity contribution in [3.8, 4) is 0 Å². The van der Waals surface area contributed by atoms with Gasteiger partial charge in [0, 0.05) is 245 Å². The van der Waals surface area contributed by atoms with Crippen molar-refractivity contribution >= 4 is 114 Å². The van der Waals surface area contributed by atoms with Crippen molar-refractivity contribution in [1.29, 1.82) is 0 Å². The normalized spacial score (nSPS) is 12.1. The molecule has 0 aromatic heterocycles. The van der Waals surface area contributed by atoms with E-state index in [4.69, 9.17) is 144 Å². The Morgan fingerprint density at radius 1 is 0.264 bits per heavy atom. The van der Waals surface area contributed by atoms with Gasteiger partial charge in [-0.1, -0.05) is 142 Å². The van der Waals surface area contributed by atoms with Gasteiger partial charge in [0.25, 0.3) is 0 Å². The van der Waals surface area contributed by atoms with Gasteiger partial charge >= 0.3 is 62.1 Å². The van der Waals surface area contributed by atoms with E-state index in [1.54, 1.807) is 85.3 Å². The van der Waals surface area contributed by atoms with E-state index in [1.807, 2.05) is 239 Å². The first kappa shape index (κ1) is 134. The minimum absolute atomic E-state index is 0.0596. The monoisotopic (exact) mass is 1960 g/mol. The lowest BCUT2D eigenvalue weighted by molar-refractivity contribution is -0.320. The maximum absolute atomic E-state index is 6.14. The van der Waals surface area contributed by atoms with E-state index < -0.39 is 78.7 Å². The molecule has 0 heterocycles. The fourth-order valence-corrected chi connectivity index (χ4v) is 24.4. The van der Waals surface area contributed by atoms with E-state index in [0.29, 0.717) is 103 Å². The first-order valence-corrected chi connectivity index (χ1v) is 58.2. The van der Waals surface area contributed by atoms with Gasteiger partial charge in [-0.15, -0.1) is 0 Å². The Kier molecular flexibility index (Phi) is 86.9. The molecule has 42 heteroatoms. The molecule has 0 unspecified atom stereocenters. The summed E-state index contributed by atoms with van der Waals surface area (Å²) in [6.45, 7) is 47.9. The van der Waals surface area contributed by atoms with Crippen molar-refractivity contribution < 1.29 is 144 Å². The van der Waals surface area contributed by atoms with E-state index in [0.717, 1.165) is 60.5 Å². The topological polar surface area (TPSA) is 295 Å². The quantitative estimate of drug-likeness (QED) is 0.0294. The number of rotatable bonds is 56. The Bertz CT molecular complexity index is 2750. The number of ether oxygens (including phenoxy) is 9. The van der Waals surface area contributed by atoms with Crippen LogP contribution in [0.3, 0.4) is 0 Å². The molecule has 4 aromatic rings. The predicted molar refractivity (Wildman–Crippen MR) is 519 cm³/mol. The average molecular weight is 1970 g/mol. The Morgan fingerprint density at radius 3 is 0.656 bits per heavy atom. The lowest BCUT2D eigenvalue weighted by Gasteiger charge is -2.34. The van der Waals surface area contributed by atoms with Crippen LogP contribution in [0.4, 0.5) is 0 Å². The second kappa shape index (κ2) is 81.3. The van der Waals surface area contributed by atoms with Gasteiger partial charge in [-0.3, -0.25) is 0 Å². The third kappa shape index (κ3) is 58.5. The summed E-state index contributed by atoms with van der Waals surface area (Å²) in [5, 5.41) is 4.08.